The lowest BCUT2D eigenvalue weighted by molar-refractivity contribution is 0.146. The zero-order valence-electron chi connectivity index (χ0n) is 14.3. The Balaban J connectivity index is 2.02. The lowest BCUT2D eigenvalue weighted by atomic mass is 9.98. The molecule has 6 heteroatoms. The van der Waals surface area contributed by atoms with E-state index in [4.69, 9.17) is 4.74 Å². The third kappa shape index (κ3) is 3.52. The first-order valence-electron chi connectivity index (χ1n) is 7.90. The maximum absolute atomic E-state index is 13.0. The predicted molar refractivity (Wildman–Crippen MR) is 93.2 cm³/mol. The third-order valence-corrected chi connectivity index (χ3v) is 4.11. The van der Waals surface area contributed by atoms with Crippen molar-refractivity contribution in [3.8, 4) is 0 Å². The highest BCUT2D eigenvalue weighted by Gasteiger charge is 2.23. The second-order valence-electron chi connectivity index (χ2n) is 5.84. The van der Waals surface area contributed by atoms with E-state index >= 15 is 0 Å². The van der Waals surface area contributed by atoms with Gasteiger partial charge in [0.1, 0.15) is 11.5 Å². The Bertz CT molecular complexity index is 846. The van der Waals surface area contributed by atoms with Crippen LogP contribution in [0.15, 0.2) is 54.1 Å². The minimum atomic E-state index is -2.61. The summed E-state index contributed by atoms with van der Waals surface area (Å²) in [5.74, 6) is 1.01. The molecule has 2 aromatic heterocycles. The quantitative estimate of drug-likeness (QED) is 0.819. The van der Waals surface area contributed by atoms with E-state index in [1.54, 1.807) is 30.3 Å². The highest BCUT2D eigenvalue weighted by molar-refractivity contribution is 5.77. The summed E-state index contributed by atoms with van der Waals surface area (Å²) < 4.78 is 31.4. The normalized spacial score (nSPS) is 14.8. The van der Waals surface area contributed by atoms with E-state index in [9.17, 15) is 8.78 Å². The molecule has 0 unspecified atom stereocenters. The topological polar surface area (TPSA) is 38.2 Å². The van der Waals surface area contributed by atoms with Gasteiger partial charge >= 0.3 is 0 Å². The fraction of sp³-hybridized carbons (Fsp3) is 0.263. The Morgan fingerprint density at radius 3 is 2.68 bits per heavy atom. The van der Waals surface area contributed by atoms with Crippen molar-refractivity contribution in [3.05, 3.63) is 71.0 Å². The summed E-state index contributed by atoms with van der Waals surface area (Å²) in [6, 6.07) is 8.56. The molecule has 0 saturated heterocycles. The molecule has 0 radical (unpaired) electrons. The maximum atomic E-state index is 13.0. The number of anilines is 1. The van der Waals surface area contributed by atoms with Gasteiger partial charge in [0.25, 0.3) is 6.43 Å². The summed E-state index contributed by atoms with van der Waals surface area (Å²) in [4.78, 5) is 10.1. The molecule has 0 bridgehead atoms. The lowest BCUT2D eigenvalue weighted by Gasteiger charge is -2.31. The van der Waals surface area contributed by atoms with Gasteiger partial charge in [-0.15, -0.1) is 0 Å². The van der Waals surface area contributed by atoms with E-state index in [2.05, 4.69) is 9.97 Å². The molecule has 0 fully saturated rings. The fourth-order valence-corrected chi connectivity index (χ4v) is 2.84. The molecule has 3 heterocycles. The number of aryl methyl sites for hydroxylation is 1. The largest absolute Gasteiger partial charge is 0.482 e. The first kappa shape index (κ1) is 17.1. The molecule has 0 N–H and O–H groups in total. The number of ether oxygens (including phenoxy) is 1. The Hall–Kier alpha value is -2.76. The fourth-order valence-electron chi connectivity index (χ4n) is 2.84. The zero-order chi connectivity index (χ0) is 18.0. The summed E-state index contributed by atoms with van der Waals surface area (Å²) in [6.07, 6.45) is 1.05. The van der Waals surface area contributed by atoms with Gasteiger partial charge in [-0.1, -0.05) is 6.07 Å². The van der Waals surface area contributed by atoms with Gasteiger partial charge < -0.3 is 4.74 Å². The van der Waals surface area contributed by atoms with Gasteiger partial charge in [-0.3, -0.25) is 9.88 Å². The number of allylic oxidation sites excluding steroid dienone is 2. The van der Waals surface area contributed by atoms with Gasteiger partial charge in [-0.2, -0.15) is 0 Å². The van der Waals surface area contributed by atoms with Crippen molar-refractivity contribution >= 4 is 11.4 Å². The van der Waals surface area contributed by atoms with Crippen molar-refractivity contribution in [2.75, 3.05) is 18.6 Å². The van der Waals surface area contributed by atoms with Crippen molar-refractivity contribution in [3.63, 3.8) is 0 Å². The summed E-state index contributed by atoms with van der Waals surface area (Å²) in [5.41, 5.74) is 3.86. The average Bonchev–Trinajstić information content (AvgIpc) is 2.61. The smallest absolute Gasteiger partial charge is 0.280 e. The molecule has 0 amide bonds. The van der Waals surface area contributed by atoms with Crippen molar-refractivity contribution < 1.29 is 13.5 Å². The van der Waals surface area contributed by atoms with Crippen molar-refractivity contribution in [1.82, 2.24) is 9.97 Å². The van der Waals surface area contributed by atoms with E-state index in [-0.39, 0.29) is 5.69 Å². The SMILES string of the molecule is COC1=CC(C)=C(c2ccnc(C)c2)CN1c1cccc(C(F)F)n1. The Kier molecular flexibility index (Phi) is 4.79. The highest BCUT2D eigenvalue weighted by atomic mass is 19.3. The molecule has 4 nitrogen and oxygen atoms in total. The van der Waals surface area contributed by atoms with Crippen LogP contribution < -0.4 is 4.90 Å². The summed E-state index contributed by atoms with van der Waals surface area (Å²) in [6.45, 7) is 4.42. The molecule has 130 valence electrons. The van der Waals surface area contributed by atoms with Gasteiger partial charge in [-0.05, 0) is 54.8 Å². The average molecular weight is 343 g/mol. The Labute approximate surface area is 145 Å². The Morgan fingerprint density at radius 1 is 1.20 bits per heavy atom. The number of nitrogens with zero attached hydrogens (tertiary/aromatic N) is 3. The number of hydrogen-bond donors (Lipinski definition) is 0. The number of halogens is 2. The molecule has 1 aliphatic rings. The molecule has 1 aliphatic heterocycles. The van der Waals surface area contributed by atoms with E-state index < -0.39 is 6.43 Å². The number of rotatable bonds is 4. The minimum absolute atomic E-state index is 0.250. The van der Waals surface area contributed by atoms with Gasteiger partial charge in [-0.25, -0.2) is 13.8 Å². The van der Waals surface area contributed by atoms with Gasteiger partial charge in [0.2, 0.25) is 0 Å². The summed E-state index contributed by atoms with van der Waals surface area (Å²) in [5, 5.41) is 0. The molecular weight excluding hydrogens is 324 g/mol. The number of alkyl halides is 2. The molecule has 25 heavy (non-hydrogen) atoms. The first-order valence-corrected chi connectivity index (χ1v) is 7.90. The number of pyridine rings is 2. The van der Waals surface area contributed by atoms with Crippen LogP contribution in [0.25, 0.3) is 5.57 Å². The van der Waals surface area contributed by atoms with Crippen LogP contribution in [0.2, 0.25) is 0 Å². The van der Waals surface area contributed by atoms with Crippen LogP contribution in [0.4, 0.5) is 14.6 Å². The molecule has 2 aromatic rings. The van der Waals surface area contributed by atoms with E-state index in [0.717, 1.165) is 22.4 Å². The molecule has 0 aromatic carbocycles. The third-order valence-electron chi connectivity index (χ3n) is 4.11. The second kappa shape index (κ2) is 7.01. The molecule has 0 aliphatic carbocycles. The van der Waals surface area contributed by atoms with Crippen LogP contribution in [0.3, 0.4) is 0 Å². The second-order valence-corrected chi connectivity index (χ2v) is 5.84. The monoisotopic (exact) mass is 343 g/mol. The minimum Gasteiger partial charge on any atom is -0.482 e. The van der Waals surface area contributed by atoms with E-state index in [0.29, 0.717) is 18.2 Å². The van der Waals surface area contributed by atoms with E-state index in [1.165, 1.54) is 6.07 Å². The number of methoxy groups -OCH3 is 1. The van der Waals surface area contributed by atoms with Crippen molar-refractivity contribution in [2.45, 2.75) is 20.3 Å². The van der Waals surface area contributed by atoms with Crippen LogP contribution >= 0.6 is 0 Å². The highest BCUT2D eigenvalue weighted by Crippen LogP contribution is 2.32. The lowest BCUT2D eigenvalue weighted by Crippen LogP contribution is -2.30. The van der Waals surface area contributed by atoms with Crippen LogP contribution in [-0.2, 0) is 4.74 Å². The van der Waals surface area contributed by atoms with Gasteiger partial charge in [0.05, 0.1) is 13.7 Å². The standard InChI is InChI=1S/C19H19F2N3O/c1-12-9-18(25-3)24(17-6-4-5-16(23-17)19(20)21)11-15(12)14-7-8-22-13(2)10-14/h4-10,19H,11H2,1-3H3. The van der Waals surface area contributed by atoms with Crippen molar-refractivity contribution in [1.29, 1.82) is 0 Å². The van der Waals surface area contributed by atoms with Crippen LogP contribution in [0.1, 0.15) is 30.3 Å². The molecule has 0 saturated carbocycles. The van der Waals surface area contributed by atoms with E-state index in [1.807, 2.05) is 32.1 Å². The number of aromatic nitrogens is 2. The van der Waals surface area contributed by atoms with Crippen molar-refractivity contribution in [2.24, 2.45) is 0 Å². The van der Waals surface area contributed by atoms with Crippen LogP contribution in [0.5, 0.6) is 0 Å². The molecule has 3 rings (SSSR count). The summed E-state index contributed by atoms with van der Waals surface area (Å²) in [7, 11) is 1.56. The molecular formula is C19H19F2N3O. The predicted octanol–water partition coefficient (Wildman–Crippen LogP) is 4.50. The molecule has 0 atom stereocenters. The maximum Gasteiger partial charge on any atom is 0.280 e. The zero-order valence-corrected chi connectivity index (χ0v) is 14.3. The number of hydrogen-bond acceptors (Lipinski definition) is 4. The van der Waals surface area contributed by atoms with Gasteiger partial charge in [0, 0.05) is 18.0 Å². The molecule has 0 spiro atoms. The van der Waals surface area contributed by atoms with Crippen LogP contribution in [-0.4, -0.2) is 23.6 Å². The Morgan fingerprint density at radius 2 is 2.00 bits per heavy atom. The van der Waals surface area contributed by atoms with Gasteiger partial charge in [0.15, 0.2) is 5.88 Å². The first-order chi connectivity index (χ1) is 12.0. The van der Waals surface area contributed by atoms with Crippen LogP contribution in [0, 0.1) is 6.92 Å². The summed E-state index contributed by atoms with van der Waals surface area (Å²) >= 11 is 0.